The maximum atomic E-state index is 15.7. The van der Waals surface area contributed by atoms with E-state index in [1.807, 2.05) is 0 Å². The molecular formula is C26H24FN5O5. The number of carbonyl (C=O) groups is 3. The van der Waals surface area contributed by atoms with Gasteiger partial charge in [-0.05, 0) is 49.6 Å². The van der Waals surface area contributed by atoms with Crippen molar-refractivity contribution in [1.29, 1.82) is 0 Å². The highest BCUT2D eigenvalue weighted by Gasteiger charge is 2.26. The van der Waals surface area contributed by atoms with Gasteiger partial charge in [0.1, 0.15) is 5.75 Å². The smallest absolute Gasteiger partial charge is 0.409 e. The number of ketones is 1. The van der Waals surface area contributed by atoms with E-state index < -0.39 is 23.9 Å². The Labute approximate surface area is 210 Å². The average Bonchev–Trinajstić information content (AvgIpc) is 3.44. The Morgan fingerprint density at radius 2 is 2.00 bits per heavy atom. The number of carbonyl (C=O) groups excluding carboxylic acids is 3. The summed E-state index contributed by atoms with van der Waals surface area (Å²) in [4.78, 5) is 36.7. The molecule has 37 heavy (non-hydrogen) atoms. The van der Waals surface area contributed by atoms with Gasteiger partial charge in [0.05, 0.1) is 40.8 Å². The average molecular weight is 506 g/mol. The number of hydrogen-bond acceptors (Lipinski definition) is 6. The molecule has 4 N–H and O–H groups in total. The van der Waals surface area contributed by atoms with Crippen LogP contribution in [0.5, 0.6) is 5.75 Å². The fourth-order valence-corrected chi connectivity index (χ4v) is 4.21. The molecule has 0 radical (unpaired) electrons. The highest BCUT2D eigenvalue weighted by molar-refractivity contribution is 6.11. The van der Waals surface area contributed by atoms with E-state index in [9.17, 15) is 19.5 Å². The summed E-state index contributed by atoms with van der Waals surface area (Å²) < 4.78 is 23.8. The second-order valence-corrected chi connectivity index (χ2v) is 9.04. The van der Waals surface area contributed by atoms with Gasteiger partial charge in [0.25, 0.3) is 5.91 Å². The zero-order valence-corrected chi connectivity index (χ0v) is 20.1. The van der Waals surface area contributed by atoms with Gasteiger partial charge in [0.2, 0.25) is 0 Å². The number of hydrogen-bond donors (Lipinski definition) is 3. The summed E-state index contributed by atoms with van der Waals surface area (Å²) >= 11 is 0. The Morgan fingerprint density at radius 3 is 2.65 bits per heavy atom. The summed E-state index contributed by atoms with van der Waals surface area (Å²) in [5.74, 6) is -1.64. The van der Waals surface area contributed by atoms with Gasteiger partial charge < -0.3 is 25.3 Å². The third-order valence-electron chi connectivity index (χ3n) is 6.23. The van der Waals surface area contributed by atoms with Gasteiger partial charge in [-0.2, -0.15) is 5.10 Å². The minimum atomic E-state index is -1.04. The second-order valence-electron chi connectivity index (χ2n) is 9.04. The van der Waals surface area contributed by atoms with E-state index in [0.717, 1.165) is 12.8 Å². The lowest BCUT2D eigenvalue weighted by Gasteiger charge is -2.14. The summed E-state index contributed by atoms with van der Waals surface area (Å²) in [6.45, 7) is 2.88. The largest absolute Gasteiger partial charge is 0.410 e. The number of primary amides is 1. The van der Waals surface area contributed by atoms with E-state index in [1.165, 1.54) is 54.8 Å². The molecule has 5 rings (SSSR count). The summed E-state index contributed by atoms with van der Waals surface area (Å²) in [7, 11) is 0. The first-order chi connectivity index (χ1) is 17.6. The van der Waals surface area contributed by atoms with Gasteiger partial charge in [-0.15, -0.1) is 0 Å². The van der Waals surface area contributed by atoms with Crippen molar-refractivity contribution in [3.63, 3.8) is 0 Å². The van der Waals surface area contributed by atoms with Crippen molar-refractivity contribution in [2.24, 2.45) is 5.73 Å². The monoisotopic (exact) mass is 505 g/mol. The highest BCUT2D eigenvalue weighted by atomic mass is 19.1. The number of aromatic nitrogens is 3. The van der Waals surface area contributed by atoms with Crippen LogP contribution in [0.4, 0.5) is 14.9 Å². The Balaban J connectivity index is 1.56. The topological polar surface area (TPSA) is 141 Å². The van der Waals surface area contributed by atoms with Crippen LogP contribution in [-0.2, 0) is 0 Å². The predicted octanol–water partition coefficient (Wildman–Crippen LogP) is 4.24. The third kappa shape index (κ3) is 4.68. The predicted molar refractivity (Wildman–Crippen MR) is 132 cm³/mol. The maximum absolute atomic E-state index is 15.7. The van der Waals surface area contributed by atoms with Crippen molar-refractivity contribution in [3.8, 4) is 16.9 Å². The quantitative estimate of drug-likeness (QED) is 0.321. The number of anilines is 1. The lowest BCUT2D eigenvalue weighted by Crippen LogP contribution is -2.16. The van der Waals surface area contributed by atoms with Crippen LogP contribution in [0.15, 0.2) is 48.9 Å². The van der Waals surface area contributed by atoms with Gasteiger partial charge in [-0.3, -0.25) is 14.3 Å². The summed E-state index contributed by atoms with van der Waals surface area (Å²) in [5.41, 5.74) is 6.54. The van der Waals surface area contributed by atoms with Crippen LogP contribution in [0.25, 0.3) is 16.6 Å². The van der Waals surface area contributed by atoms with E-state index >= 15 is 4.39 Å². The Bertz CT molecular complexity index is 1570. The Hall–Kier alpha value is -4.51. The molecule has 190 valence electrons. The molecule has 3 aromatic heterocycles. The fraction of sp³-hybridized carbons (Fsp3) is 0.231. The molecule has 10 nitrogen and oxygen atoms in total. The number of fused-ring (bicyclic) bond motifs is 1. The van der Waals surface area contributed by atoms with Crippen molar-refractivity contribution in [1.82, 2.24) is 14.2 Å². The molecule has 0 saturated heterocycles. The number of aliphatic hydroxyl groups is 1. The second kappa shape index (κ2) is 9.17. The van der Waals surface area contributed by atoms with Gasteiger partial charge in [0.15, 0.2) is 11.6 Å². The lowest BCUT2D eigenvalue weighted by molar-refractivity contribution is 0.101. The van der Waals surface area contributed by atoms with Crippen molar-refractivity contribution in [3.05, 3.63) is 71.6 Å². The van der Waals surface area contributed by atoms with E-state index in [2.05, 4.69) is 10.4 Å². The Morgan fingerprint density at radius 1 is 1.24 bits per heavy atom. The van der Waals surface area contributed by atoms with Gasteiger partial charge in [-0.25, -0.2) is 9.18 Å². The molecule has 1 unspecified atom stereocenters. The number of nitrogens with one attached hydrogen (secondary N) is 1. The van der Waals surface area contributed by atoms with E-state index in [-0.39, 0.29) is 39.6 Å². The molecule has 4 aromatic rings. The molecular weight excluding hydrogens is 481 g/mol. The summed E-state index contributed by atoms with van der Waals surface area (Å²) in [5, 5.41) is 17.1. The molecule has 3 heterocycles. The number of benzene rings is 1. The third-order valence-corrected chi connectivity index (χ3v) is 6.23. The SMILES string of the molecule is CC(=O)c1cc(C(=O)Nc2cc(C(C)O)cc(-c3cnn(C4CC4)c3)c2F)c2cc(OC(N)=O)ccn12. The number of aliphatic hydroxyl groups excluding tert-OH is 1. The number of nitrogens with zero attached hydrogens (tertiary/aromatic N) is 3. The zero-order chi connectivity index (χ0) is 26.4. The summed E-state index contributed by atoms with van der Waals surface area (Å²) in [6.07, 6.45) is 4.82. The first-order valence-corrected chi connectivity index (χ1v) is 11.6. The van der Waals surface area contributed by atoms with Gasteiger partial charge in [-0.1, -0.05) is 0 Å². The lowest BCUT2D eigenvalue weighted by atomic mass is 10.0. The first-order valence-electron chi connectivity index (χ1n) is 11.6. The molecule has 11 heteroatoms. The van der Waals surface area contributed by atoms with Crippen LogP contribution in [0, 0.1) is 5.82 Å². The molecule has 0 aliphatic heterocycles. The molecule has 0 bridgehead atoms. The van der Waals surface area contributed by atoms with E-state index in [1.54, 1.807) is 17.1 Å². The van der Waals surface area contributed by atoms with Gasteiger partial charge >= 0.3 is 6.09 Å². The van der Waals surface area contributed by atoms with Crippen LogP contribution >= 0.6 is 0 Å². The van der Waals surface area contributed by atoms with Crippen molar-refractivity contribution in [2.45, 2.75) is 38.8 Å². The minimum absolute atomic E-state index is 0.0464. The molecule has 1 aliphatic rings. The van der Waals surface area contributed by atoms with Crippen molar-refractivity contribution >= 4 is 29.0 Å². The Kier molecular flexibility index (Phi) is 6.00. The minimum Gasteiger partial charge on any atom is -0.410 e. The maximum Gasteiger partial charge on any atom is 0.409 e. The number of halogens is 1. The number of nitrogens with two attached hydrogens (primary N) is 1. The number of rotatable bonds is 7. The van der Waals surface area contributed by atoms with Crippen LogP contribution in [0.2, 0.25) is 0 Å². The van der Waals surface area contributed by atoms with Crippen LogP contribution in [0.1, 0.15) is 65.2 Å². The molecule has 1 aliphatic carbocycles. The molecule has 0 spiro atoms. The van der Waals surface area contributed by atoms with E-state index in [0.29, 0.717) is 17.2 Å². The molecule has 1 atom stereocenters. The molecule has 2 amide bonds. The normalized spacial score (nSPS) is 13.9. The molecule has 1 saturated carbocycles. The zero-order valence-electron chi connectivity index (χ0n) is 20.1. The van der Waals surface area contributed by atoms with E-state index in [4.69, 9.17) is 10.5 Å². The van der Waals surface area contributed by atoms with Gasteiger partial charge in [0, 0.05) is 36.5 Å². The number of amides is 2. The van der Waals surface area contributed by atoms with Crippen LogP contribution in [0.3, 0.4) is 0 Å². The summed E-state index contributed by atoms with van der Waals surface area (Å²) in [6, 6.07) is 7.37. The highest BCUT2D eigenvalue weighted by Crippen LogP contribution is 2.37. The first kappa shape index (κ1) is 24.2. The number of Topliss-reactive ketones (excluding diaryl/α,β-unsaturated/α-hetero) is 1. The van der Waals surface area contributed by atoms with Crippen LogP contribution in [-0.4, -0.2) is 37.1 Å². The standard InChI is InChI=1S/C26H24FN5O5/c1-13(33)15-7-19(16-11-29-32(12-16)17-3-4-17)24(27)21(8-15)30-25(35)20-10-22(14(2)34)31-6-5-18(9-23(20)31)37-26(28)36/h5-13,17,33H,3-4H2,1-2H3,(H2,28,36)(H,30,35). The van der Waals surface area contributed by atoms with Crippen molar-refractivity contribution in [2.75, 3.05) is 5.32 Å². The van der Waals surface area contributed by atoms with Crippen LogP contribution < -0.4 is 15.8 Å². The number of ether oxygens (including phenoxy) is 1. The number of pyridine rings is 1. The fourth-order valence-electron chi connectivity index (χ4n) is 4.21. The molecule has 1 aromatic carbocycles. The molecule has 1 fully saturated rings. The van der Waals surface area contributed by atoms with Crippen molar-refractivity contribution < 1.29 is 28.6 Å².